The Morgan fingerprint density at radius 1 is 1.18 bits per heavy atom. The van der Waals surface area contributed by atoms with Gasteiger partial charge >= 0.3 is 5.63 Å². The predicted octanol–water partition coefficient (Wildman–Crippen LogP) is 2.32. The van der Waals surface area contributed by atoms with Crippen molar-refractivity contribution in [3.63, 3.8) is 0 Å². The summed E-state index contributed by atoms with van der Waals surface area (Å²) in [6.45, 7) is 3.61. The zero-order valence-corrected chi connectivity index (χ0v) is 12.2. The van der Waals surface area contributed by atoms with Gasteiger partial charge < -0.3 is 19.0 Å². The van der Waals surface area contributed by atoms with E-state index in [-0.39, 0.29) is 23.8 Å². The molecule has 3 rings (SSSR count). The van der Waals surface area contributed by atoms with E-state index in [2.05, 4.69) is 0 Å². The SMILES string of the molecule is CC(C)C(=O)COc1c2ccoc2cc2oc(=O)ccc12.O. The monoisotopic (exact) mass is 304 g/mol. The molecule has 2 heterocycles. The number of benzene rings is 1. The highest BCUT2D eigenvalue weighted by molar-refractivity contribution is 6.01. The Bertz CT molecular complexity index is 871. The summed E-state index contributed by atoms with van der Waals surface area (Å²) in [6, 6.07) is 6.35. The lowest BCUT2D eigenvalue weighted by atomic mass is 10.1. The number of hydrogen-bond acceptors (Lipinski definition) is 5. The molecule has 2 aromatic heterocycles. The molecule has 0 radical (unpaired) electrons. The Morgan fingerprint density at radius 2 is 1.91 bits per heavy atom. The summed E-state index contributed by atoms with van der Waals surface area (Å²) < 4.78 is 16.2. The second-order valence-corrected chi connectivity index (χ2v) is 5.11. The maximum absolute atomic E-state index is 11.8. The van der Waals surface area contributed by atoms with Crippen LogP contribution in [0.3, 0.4) is 0 Å². The third-order valence-corrected chi connectivity index (χ3v) is 3.31. The van der Waals surface area contributed by atoms with Crippen molar-refractivity contribution in [2.75, 3.05) is 6.61 Å². The number of hydrogen-bond donors (Lipinski definition) is 0. The molecule has 0 amide bonds. The van der Waals surface area contributed by atoms with Crippen molar-refractivity contribution in [1.82, 2.24) is 0 Å². The smallest absolute Gasteiger partial charge is 0.336 e. The standard InChI is InChI=1S/C16H14O5.H2O/c1-9(2)12(17)8-20-16-10-3-4-15(18)21-14(10)7-13-11(16)5-6-19-13;/h3-7,9H,8H2,1-2H3;1H2. The molecule has 0 aliphatic rings. The van der Waals surface area contributed by atoms with Crippen LogP contribution in [0.5, 0.6) is 5.75 Å². The van der Waals surface area contributed by atoms with Gasteiger partial charge in [-0.05, 0) is 12.1 Å². The van der Waals surface area contributed by atoms with Crippen LogP contribution in [0, 0.1) is 5.92 Å². The molecule has 0 aliphatic carbocycles. The number of carbonyl (C=O) groups is 1. The van der Waals surface area contributed by atoms with Crippen LogP contribution in [-0.4, -0.2) is 17.9 Å². The van der Waals surface area contributed by atoms with E-state index in [1.165, 1.54) is 12.3 Å². The lowest BCUT2D eigenvalue weighted by Crippen LogP contribution is -2.17. The summed E-state index contributed by atoms with van der Waals surface area (Å²) in [4.78, 5) is 23.1. The highest BCUT2D eigenvalue weighted by Gasteiger charge is 2.15. The minimum Gasteiger partial charge on any atom is -0.484 e. The molecule has 116 valence electrons. The molecule has 0 spiro atoms. The first-order valence-electron chi connectivity index (χ1n) is 6.66. The van der Waals surface area contributed by atoms with E-state index in [4.69, 9.17) is 13.6 Å². The van der Waals surface area contributed by atoms with Gasteiger partial charge in [-0.15, -0.1) is 0 Å². The Morgan fingerprint density at radius 3 is 2.64 bits per heavy atom. The molecule has 1 aromatic carbocycles. The first kappa shape index (κ1) is 15.8. The van der Waals surface area contributed by atoms with Crippen molar-refractivity contribution < 1.29 is 23.8 Å². The van der Waals surface area contributed by atoms with Gasteiger partial charge in [0.15, 0.2) is 5.78 Å². The molecule has 0 fully saturated rings. The summed E-state index contributed by atoms with van der Waals surface area (Å²) in [5.41, 5.74) is 0.471. The van der Waals surface area contributed by atoms with Crippen molar-refractivity contribution in [3.05, 3.63) is 40.9 Å². The number of fused-ring (bicyclic) bond motifs is 2. The van der Waals surface area contributed by atoms with Gasteiger partial charge in [0, 0.05) is 18.1 Å². The van der Waals surface area contributed by atoms with Crippen LogP contribution in [-0.2, 0) is 4.79 Å². The number of rotatable bonds is 4. The van der Waals surface area contributed by atoms with E-state index >= 15 is 0 Å². The maximum atomic E-state index is 11.8. The summed E-state index contributed by atoms with van der Waals surface area (Å²) in [7, 11) is 0. The second-order valence-electron chi connectivity index (χ2n) is 5.11. The molecular formula is C16H16O6. The summed E-state index contributed by atoms with van der Waals surface area (Å²) in [6.07, 6.45) is 1.53. The van der Waals surface area contributed by atoms with Crippen LogP contribution in [0.4, 0.5) is 0 Å². The fourth-order valence-corrected chi connectivity index (χ4v) is 2.08. The van der Waals surface area contributed by atoms with Gasteiger partial charge in [-0.3, -0.25) is 4.79 Å². The van der Waals surface area contributed by atoms with Crippen LogP contribution in [0.2, 0.25) is 0 Å². The predicted molar refractivity (Wildman–Crippen MR) is 81.2 cm³/mol. The summed E-state index contributed by atoms with van der Waals surface area (Å²) in [5, 5.41) is 1.38. The highest BCUT2D eigenvalue weighted by atomic mass is 16.5. The lowest BCUT2D eigenvalue weighted by molar-refractivity contribution is -0.123. The van der Waals surface area contributed by atoms with Crippen LogP contribution in [0.1, 0.15) is 13.8 Å². The number of ketones is 1. The molecule has 3 aromatic rings. The lowest BCUT2D eigenvalue weighted by Gasteiger charge is -2.10. The van der Waals surface area contributed by atoms with Gasteiger partial charge in [-0.1, -0.05) is 13.8 Å². The van der Waals surface area contributed by atoms with Crippen molar-refractivity contribution in [1.29, 1.82) is 0 Å². The van der Waals surface area contributed by atoms with E-state index in [1.807, 2.05) is 13.8 Å². The fourth-order valence-electron chi connectivity index (χ4n) is 2.08. The van der Waals surface area contributed by atoms with E-state index in [0.717, 1.165) is 5.39 Å². The summed E-state index contributed by atoms with van der Waals surface area (Å²) >= 11 is 0. The third kappa shape index (κ3) is 2.73. The maximum Gasteiger partial charge on any atom is 0.336 e. The molecule has 0 unspecified atom stereocenters. The average Bonchev–Trinajstić information content (AvgIpc) is 2.90. The van der Waals surface area contributed by atoms with E-state index < -0.39 is 5.63 Å². The van der Waals surface area contributed by atoms with Crippen LogP contribution < -0.4 is 10.4 Å². The average molecular weight is 304 g/mol. The van der Waals surface area contributed by atoms with Gasteiger partial charge in [0.2, 0.25) is 0 Å². The van der Waals surface area contributed by atoms with Crippen molar-refractivity contribution in [2.24, 2.45) is 5.92 Å². The van der Waals surface area contributed by atoms with Gasteiger partial charge in [-0.2, -0.15) is 0 Å². The third-order valence-electron chi connectivity index (χ3n) is 3.31. The minimum atomic E-state index is -0.447. The molecule has 6 heteroatoms. The molecular weight excluding hydrogens is 288 g/mol. The Hall–Kier alpha value is -2.60. The van der Waals surface area contributed by atoms with Crippen molar-refractivity contribution in [2.45, 2.75) is 13.8 Å². The Balaban J connectivity index is 0.00000176. The zero-order valence-electron chi connectivity index (χ0n) is 12.2. The first-order chi connectivity index (χ1) is 10.1. The number of ether oxygens (including phenoxy) is 1. The van der Waals surface area contributed by atoms with E-state index in [1.54, 1.807) is 18.2 Å². The van der Waals surface area contributed by atoms with Gasteiger partial charge in [0.05, 0.1) is 17.0 Å². The normalized spacial score (nSPS) is 10.9. The Kier molecular flexibility index (Phi) is 4.32. The fraction of sp³-hybridized carbons (Fsp3) is 0.250. The molecule has 0 saturated carbocycles. The number of Topliss-reactive ketones (excluding diaryl/α,β-unsaturated/α-hetero) is 1. The van der Waals surface area contributed by atoms with Crippen LogP contribution in [0.25, 0.3) is 21.9 Å². The van der Waals surface area contributed by atoms with Crippen LogP contribution in [0.15, 0.2) is 44.2 Å². The van der Waals surface area contributed by atoms with Crippen LogP contribution >= 0.6 is 0 Å². The van der Waals surface area contributed by atoms with E-state index in [0.29, 0.717) is 22.3 Å². The van der Waals surface area contributed by atoms with Crippen molar-refractivity contribution in [3.8, 4) is 5.75 Å². The van der Waals surface area contributed by atoms with Gasteiger partial charge in [0.25, 0.3) is 0 Å². The molecule has 0 saturated heterocycles. The molecule has 0 atom stereocenters. The van der Waals surface area contributed by atoms with E-state index in [9.17, 15) is 9.59 Å². The summed E-state index contributed by atoms with van der Waals surface area (Å²) in [5.74, 6) is 0.396. The molecule has 0 aliphatic heterocycles. The zero-order chi connectivity index (χ0) is 15.0. The number of furan rings is 1. The molecule has 6 nitrogen and oxygen atoms in total. The minimum absolute atomic E-state index is 0. The van der Waals surface area contributed by atoms with Gasteiger partial charge in [-0.25, -0.2) is 4.79 Å². The quantitative estimate of drug-likeness (QED) is 0.688. The van der Waals surface area contributed by atoms with Crippen molar-refractivity contribution >= 4 is 27.7 Å². The first-order valence-corrected chi connectivity index (χ1v) is 6.66. The largest absolute Gasteiger partial charge is 0.484 e. The second kappa shape index (κ2) is 6.03. The topological polar surface area (TPSA) is 101 Å². The highest BCUT2D eigenvalue weighted by Crippen LogP contribution is 2.35. The Labute approximate surface area is 125 Å². The van der Waals surface area contributed by atoms with Gasteiger partial charge in [0.1, 0.15) is 23.5 Å². The number of carbonyl (C=O) groups excluding carboxylic acids is 1. The molecule has 2 N–H and O–H groups in total. The molecule has 22 heavy (non-hydrogen) atoms. The molecule has 0 bridgehead atoms.